The van der Waals surface area contributed by atoms with Gasteiger partial charge in [0.25, 0.3) is 11.8 Å². The fraction of sp³-hybridized carbons (Fsp3) is 0.364. The van der Waals surface area contributed by atoms with E-state index in [1.165, 1.54) is 12.8 Å². The molecule has 0 heterocycles. The Hall–Kier alpha value is -3.02. The average Bonchev–Trinajstić information content (AvgIpc) is 2.71. The van der Waals surface area contributed by atoms with Gasteiger partial charge in [-0.05, 0) is 55.3 Å². The van der Waals surface area contributed by atoms with Crippen LogP contribution in [0.15, 0.2) is 48.5 Å². The van der Waals surface area contributed by atoms with Gasteiger partial charge < -0.3 is 9.47 Å². The molecule has 2 amide bonds. The molecule has 0 aliphatic heterocycles. The Kier molecular flexibility index (Phi) is 8.85. The van der Waals surface area contributed by atoms with E-state index < -0.39 is 11.8 Å². The Balaban J connectivity index is 1.69. The van der Waals surface area contributed by atoms with E-state index in [1.807, 2.05) is 25.1 Å². The molecule has 0 fully saturated rings. The third-order valence-corrected chi connectivity index (χ3v) is 4.06. The number of benzene rings is 2. The summed E-state index contributed by atoms with van der Waals surface area (Å²) in [5.74, 6) is 0.482. The van der Waals surface area contributed by atoms with Gasteiger partial charge in [0, 0.05) is 5.56 Å². The number of hydrogen-bond donors (Lipinski definition) is 2. The van der Waals surface area contributed by atoms with Crippen LogP contribution >= 0.6 is 0 Å². The number of carbonyl (C=O) groups is 2. The lowest BCUT2D eigenvalue weighted by Crippen LogP contribution is -2.43. The van der Waals surface area contributed by atoms with Gasteiger partial charge in [-0.15, -0.1) is 0 Å². The highest BCUT2D eigenvalue weighted by molar-refractivity contribution is 5.95. The van der Waals surface area contributed by atoms with Gasteiger partial charge in [0.1, 0.15) is 11.5 Å². The summed E-state index contributed by atoms with van der Waals surface area (Å²) in [6.07, 6.45) is 4.58. The Morgan fingerprint density at radius 2 is 1.68 bits per heavy atom. The molecule has 2 rings (SSSR count). The first-order chi connectivity index (χ1) is 13.6. The molecule has 0 aliphatic carbocycles. The van der Waals surface area contributed by atoms with Crippen molar-refractivity contribution in [1.82, 2.24) is 10.9 Å². The molecule has 28 heavy (non-hydrogen) atoms. The van der Waals surface area contributed by atoms with Crippen LogP contribution in [0.5, 0.6) is 11.5 Å². The number of nitrogens with one attached hydrogen (secondary N) is 2. The first kappa shape index (κ1) is 21.3. The highest BCUT2D eigenvalue weighted by Gasteiger charge is 2.08. The third-order valence-electron chi connectivity index (χ3n) is 4.06. The summed E-state index contributed by atoms with van der Waals surface area (Å²) < 4.78 is 11.0. The monoisotopic (exact) mass is 384 g/mol. The number of unbranched alkanes of at least 4 members (excludes halogenated alkanes) is 3. The quantitative estimate of drug-likeness (QED) is 0.483. The van der Waals surface area contributed by atoms with Crippen LogP contribution in [0.4, 0.5) is 0 Å². The normalized spacial score (nSPS) is 10.2. The first-order valence-electron chi connectivity index (χ1n) is 9.60. The molecule has 0 spiro atoms. The largest absolute Gasteiger partial charge is 0.494 e. The van der Waals surface area contributed by atoms with E-state index in [0.29, 0.717) is 17.9 Å². The number of hydrogen-bond acceptors (Lipinski definition) is 4. The van der Waals surface area contributed by atoms with Crippen LogP contribution in [0.3, 0.4) is 0 Å². The zero-order valence-electron chi connectivity index (χ0n) is 16.5. The van der Waals surface area contributed by atoms with Gasteiger partial charge >= 0.3 is 0 Å². The lowest BCUT2D eigenvalue weighted by atomic mass is 10.2. The van der Waals surface area contributed by atoms with Crippen molar-refractivity contribution in [2.75, 3.05) is 13.2 Å². The molecule has 150 valence electrons. The van der Waals surface area contributed by atoms with E-state index in [-0.39, 0.29) is 6.61 Å². The van der Waals surface area contributed by atoms with Gasteiger partial charge in [-0.2, -0.15) is 0 Å². The highest BCUT2D eigenvalue weighted by Crippen LogP contribution is 2.13. The van der Waals surface area contributed by atoms with E-state index in [1.54, 1.807) is 30.3 Å². The number of aryl methyl sites for hydroxylation is 1. The second-order valence-corrected chi connectivity index (χ2v) is 6.54. The molecule has 2 aromatic carbocycles. The van der Waals surface area contributed by atoms with Crippen LogP contribution in [0, 0.1) is 6.92 Å². The van der Waals surface area contributed by atoms with E-state index in [4.69, 9.17) is 9.47 Å². The predicted octanol–water partition coefficient (Wildman–Crippen LogP) is 3.79. The minimum atomic E-state index is -0.443. The molecule has 2 aromatic rings. The van der Waals surface area contributed by atoms with Crippen molar-refractivity contribution in [3.8, 4) is 11.5 Å². The topological polar surface area (TPSA) is 76.7 Å². The summed E-state index contributed by atoms with van der Waals surface area (Å²) >= 11 is 0. The van der Waals surface area contributed by atoms with Crippen molar-refractivity contribution in [1.29, 1.82) is 0 Å². The molecule has 6 nitrogen and oxygen atoms in total. The maximum Gasteiger partial charge on any atom is 0.276 e. The lowest BCUT2D eigenvalue weighted by molar-refractivity contribution is -0.123. The Bertz CT molecular complexity index is 759. The van der Waals surface area contributed by atoms with Crippen LogP contribution in [-0.2, 0) is 4.79 Å². The molecule has 0 saturated heterocycles. The fourth-order valence-corrected chi connectivity index (χ4v) is 2.51. The molecule has 2 N–H and O–H groups in total. The summed E-state index contributed by atoms with van der Waals surface area (Å²) in [5.41, 5.74) is 6.18. The molecule has 0 atom stereocenters. The maximum absolute atomic E-state index is 12.1. The zero-order chi connectivity index (χ0) is 20.2. The fourth-order valence-electron chi connectivity index (χ4n) is 2.51. The second kappa shape index (κ2) is 11.6. The molecule has 0 unspecified atom stereocenters. The van der Waals surface area contributed by atoms with Gasteiger partial charge in [-0.1, -0.05) is 38.3 Å². The second-order valence-electron chi connectivity index (χ2n) is 6.54. The van der Waals surface area contributed by atoms with Crippen molar-refractivity contribution in [2.24, 2.45) is 0 Å². The van der Waals surface area contributed by atoms with Crippen molar-refractivity contribution >= 4 is 11.8 Å². The van der Waals surface area contributed by atoms with Crippen LogP contribution in [0.25, 0.3) is 0 Å². The van der Waals surface area contributed by atoms with Gasteiger partial charge in [-0.25, -0.2) is 0 Å². The lowest BCUT2D eigenvalue weighted by Gasteiger charge is -2.10. The van der Waals surface area contributed by atoms with Crippen LogP contribution in [-0.4, -0.2) is 25.0 Å². The smallest absolute Gasteiger partial charge is 0.276 e. The molecule has 0 aliphatic rings. The summed E-state index contributed by atoms with van der Waals surface area (Å²) in [6, 6.07) is 14.2. The Labute approximate surface area is 166 Å². The summed E-state index contributed by atoms with van der Waals surface area (Å²) in [7, 11) is 0. The molecule has 0 bridgehead atoms. The van der Waals surface area contributed by atoms with Crippen molar-refractivity contribution in [2.45, 2.75) is 39.5 Å². The standard InChI is InChI=1S/C22H28N2O4/c1-3-4-5-6-14-27-19-12-10-18(11-13-19)22(26)24-23-21(25)16-28-20-9-7-8-17(2)15-20/h7-13,15H,3-6,14,16H2,1-2H3,(H,23,25)(H,24,26). The zero-order valence-corrected chi connectivity index (χ0v) is 16.5. The maximum atomic E-state index is 12.1. The van der Waals surface area contributed by atoms with Gasteiger partial charge in [-0.3, -0.25) is 20.4 Å². The minimum absolute atomic E-state index is 0.186. The molecular weight excluding hydrogens is 356 g/mol. The Morgan fingerprint density at radius 1 is 0.893 bits per heavy atom. The predicted molar refractivity (Wildman–Crippen MR) is 108 cm³/mol. The first-order valence-corrected chi connectivity index (χ1v) is 9.60. The summed E-state index contributed by atoms with van der Waals surface area (Å²) in [6.45, 7) is 4.59. The number of carbonyl (C=O) groups excluding carboxylic acids is 2. The Morgan fingerprint density at radius 3 is 2.39 bits per heavy atom. The number of hydrazine groups is 1. The minimum Gasteiger partial charge on any atom is -0.494 e. The van der Waals surface area contributed by atoms with Gasteiger partial charge in [0.05, 0.1) is 6.61 Å². The number of ether oxygens (including phenoxy) is 2. The summed E-state index contributed by atoms with van der Waals surface area (Å²) in [4.78, 5) is 23.9. The van der Waals surface area contributed by atoms with Crippen LogP contribution < -0.4 is 20.3 Å². The van der Waals surface area contributed by atoms with Crippen molar-refractivity contribution in [3.63, 3.8) is 0 Å². The number of amides is 2. The van der Waals surface area contributed by atoms with Crippen molar-refractivity contribution < 1.29 is 19.1 Å². The molecule has 0 radical (unpaired) electrons. The highest BCUT2D eigenvalue weighted by atomic mass is 16.5. The van der Waals surface area contributed by atoms with E-state index in [2.05, 4.69) is 17.8 Å². The van der Waals surface area contributed by atoms with E-state index >= 15 is 0 Å². The van der Waals surface area contributed by atoms with Crippen molar-refractivity contribution in [3.05, 3.63) is 59.7 Å². The van der Waals surface area contributed by atoms with E-state index in [0.717, 1.165) is 24.2 Å². The van der Waals surface area contributed by atoms with Crippen LogP contribution in [0.2, 0.25) is 0 Å². The van der Waals surface area contributed by atoms with Gasteiger partial charge in [0.2, 0.25) is 0 Å². The molecular formula is C22H28N2O4. The molecule has 0 aromatic heterocycles. The summed E-state index contributed by atoms with van der Waals surface area (Å²) in [5, 5.41) is 0. The molecule has 0 saturated carbocycles. The third kappa shape index (κ3) is 7.70. The van der Waals surface area contributed by atoms with E-state index in [9.17, 15) is 9.59 Å². The molecule has 6 heteroatoms. The van der Waals surface area contributed by atoms with Crippen LogP contribution in [0.1, 0.15) is 48.5 Å². The number of rotatable bonds is 10. The SMILES string of the molecule is CCCCCCOc1ccc(C(=O)NNC(=O)COc2cccc(C)c2)cc1. The average molecular weight is 384 g/mol. The van der Waals surface area contributed by atoms with Gasteiger partial charge in [0.15, 0.2) is 6.61 Å².